The maximum Gasteiger partial charge on any atom is 0.0697 e. The molecule has 2 N–H and O–H groups in total. The van der Waals surface area contributed by atoms with E-state index in [1.54, 1.807) is 0 Å². The van der Waals surface area contributed by atoms with Gasteiger partial charge in [-0.25, -0.2) is 0 Å². The molecule has 0 radical (unpaired) electrons. The summed E-state index contributed by atoms with van der Waals surface area (Å²) in [4.78, 5) is 2.36. The van der Waals surface area contributed by atoms with Crippen LogP contribution in [-0.4, -0.2) is 54.5 Å². The summed E-state index contributed by atoms with van der Waals surface area (Å²) in [5.41, 5.74) is 3.15. The first kappa shape index (κ1) is 17.9. The third-order valence-electron chi connectivity index (χ3n) is 5.79. The van der Waals surface area contributed by atoms with Crippen molar-refractivity contribution >= 4 is 0 Å². The summed E-state index contributed by atoms with van der Waals surface area (Å²) in [7, 11) is 4.18. The molecule has 5 heteroatoms. The zero-order chi connectivity index (χ0) is 17.2. The molecule has 136 valence electrons. The summed E-state index contributed by atoms with van der Waals surface area (Å²) in [5.74, 6) is 0.585. The van der Waals surface area contributed by atoms with Gasteiger partial charge in [0.15, 0.2) is 0 Å². The first-order chi connectivity index (χ1) is 11.4. The van der Waals surface area contributed by atoms with E-state index in [-0.39, 0.29) is 5.60 Å². The normalized spacial score (nSPS) is 29.6. The molecule has 2 aliphatic rings. The molecule has 2 heterocycles. The first-order valence-electron chi connectivity index (χ1n) is 9.43. The quantitative estimate of drug-likeness (QED) is 0.840. The van der Waals surface area contributed by atoms with Gasteiger partial charge >= 0.3 is 0 Å². The summed E-state index contributed by atoms with van der Waals surface area (Å²) in [6.45, 7) is 8.63. The standard InChI is InChI=1S/C19H34N4O/c1-18(2)13-19(24-14-18)7-5-15(6-8-19)17-16(11-21-22-17)12-23(4)10-9-20-3/h11,15,20H,5-10,12-14H2,1-4H3,(H,21,22)/t15-,19+. The molecule has 0 aromatic carbocycles. The van der Waals surface area contributed by atoms with E-state index in [1.807, 2.05) is 7.05 Å². The summed E-state index contributed by atoms with van der Waals surface area (Å²) in [6.07, 6.45) is 8.08. The number of aromatic amines is 1. The summed E-state index contributed by atoms with van der Waals surface area (Å²) in [5, 5.41) is 10.9. The fraction of sp³-hybridized carbons (Fsp3) is 0.842. The molecular weight excluding hydrogens is 300 g/mol. The predicted octanol–water partition coefficient (Wildman–Crippen LogP) is 2.90. The Morgan fingerprint density at radius 2 is 2.12 bits per heavy atom. The Hall–Kier alpha value is -0.910. The predicted molar refractivity (Wildman–Crippen MR) is 97.1 cm³/mol. The number of nitrogens with one attached hydrogen (secondary N) is 2. The molecule has 1 saturated carbocycles. The Balaban J connectivity index is 1.58. The van der Waals surface area contributed by atoms with Gasteiger partial charge in [-0.1, -0.05) is 13.8 Å². The smallest absolute Gasteiger partial charge is 0.0697 e. The summed E-state index contributed by atoms with van der Waals surface area (Å²) < 4.78 is 6.26. The molecule has 5 nitrogen and oxygen atoms in total. The Morgan fingerprint density at radius 1 is 1.38 bits per heavy atom. The zero-order valence-electron chi connectivity index (χ0n) is 15.8. The molecule has 1 aliphatic heterocycles. The SMILES string of the molecule is CNCCN(C)Cc1c[nH]nc1[C@H]1CC[C@@]2(CC1)CC(C)(C)CO2. The second-order valence-electron chi connectivity index (χ2n) is 8.72. The highest BCUT2D eigenvalue weighted by Gasteiger charge is 2.46. The van der Waals surface area contributed by atoms with Gasteiger partial charge in [0.05, 0.1) is 17.9 Å². The minimum absolute atomic E-state index is 0.153. The van der Waals surface area contributed by atoms with Crippen molar-refractivity contribution in [1.82, 2.24) is 20.4 Å². The Morgan fingerprint density at radius 3 is 2.75 bits per heavy atom. The van der Waals surface area contributed by atoms with Crippen LogP contribution in [0.2, 0.25) is 0 Å². The van der Waals surface area contributed by atoms with Crippen molar-refractivity contribution in [2.45, 2.75) is 64.0 Å². The van der Waals surface area contributed by atoms with Crippen molar-refractivity contribution in [3.8, 4) is 0 Å². The van der Waals surface area contributed by atoms with Crippen LogP contribution in [0.4, 0.5) is 0 Å². The fourth-order valence-corrected chi connectivity index (χ4v) is 4.54. The highest BCUT2D eigenvalue weighted by atomic mass is 16.5. The van der Waals surface area contributed by atoms with E-state index in [2.05, 4.69) is 47.5 Å². The van der Waals surface area contributed by atoms with E-state index in [9.17, 15) is 0 Å². The minimum atomic E-state index is 0.153. The Labute approximate surface area is 146 Å². The Kier molecular flexibility index (Phi) is 5.33. The molecule has 2 fully saturated rings. The lowest BCUT2D eigenvalue weighted by Gasteiger charge is -2.37. The van der Waals surface area contributed by atoms with Gasteiger partial charge < -0.3 is 15.0 Å². The second-order valence-corrected chi connectivity index (χ2v) is 8.72. The van der Waals surface area contributed by atoms with E-state index in [4.69, 9.17) is 4.74 Å². The van der Waals surface area contributed by atoms with Crippen molar-refractivity contribution in [3.63, 3.8) is 0 Å². The van der Waals surface area contributed by atoms with Crippen LogP contribution in [0.3, 0.4) is 0 Å². The van der Waals surface area contributed by atoms with Crippen LogP contribution < -0.4 is 5.32 Å². The van der Waals surface area contributed by atoms with Crippen LogP contribution >= 0.6 is 0 Å². The van der Waals surface area contributed by atoms with Crippen LogP contribution in [-0.2, 0) is 11.3 Å². The van der Waals surface area contributed by atoms with Crippen LogP contribution in [0.5, 0.6) is 0 Å². The van der Waals surface area contributed by atoms with Gasteiger partial charge in [0.1, 0.15) is 0 Å². The van der Waals surface area contributed by atoms with Gasteiger partial charge in [0.2, 0.25) is 0 Å². The molecule has 1 aromatic heterocycles. The van der Waals surface area contributed by atoms with E-state index < -0.39 is 0 Å². The second kappa shape index (κ2) is 7.14. The van der Waals surface area contributed by atoms with Gasteiger partial charge in [-0.05, 0) is 51.6 Å². The van der Waals surface area contributed by atoms with Crippen LogP contribution in [0.25, 0.3) is 0 Å². The molecule has 1 saturated heterocycles. The van der Waals surface area contributed by atoms with Crippen LogP contribution in [0.1, 0.15) is 63.1 Å². The number of nitrogens with zero attached hydrogens (tertiary/aromatic N) is 2. The third kappa shape index (κ3) is 4.01. The van der Waals surface area contributed by atoms with Crippen LogP contribution in [0, 0.1) is 5.41 Å². The summed E-state index contributed by atoms with van der Waals surface area (Å²) >= 11 is 0. The number of likely N-dealkylation sites (N-methyl/N-ethyl adjacent to an activating group) is 2. The van der Waals surface area contributed by atoms with E-state index in [1.165, 1.54) is 43.4 Å². The van der Waals surface area contributed by atoms with Crippen molar-refractivity contribution < 1.29 is 4.74 Å². The van der Waals surface area contributed by atoms with Gasteiger partial charge in [0.25, 0.3) is 0 Å². The molecule has 0 amide bonds. The number of hydrogen-bond donors (Lipinski definition) is 2. The molecule has 0 unspecified atom stereocenters. The molecular formula is C19H34N4O. The number of aromatic nitrogens is 2. The number of rotatable bonds is 6. The van der Waals surface area contributed by atoms with Crippen LogP contribution in [0.15, 0.2) is 6.20 Å². The zero-order valence-corrected chi connectivity index (χ0v) is 15.8. The molecule has 0 bridgehead atoms. The highest BCUT2D eigenvalue weighted by molar-refractivity contribution is 5.22. The molecule has 3 rings (SSSR count). The monoisotopic (exact) mass is 334 g/mol. The minimum Gasteiger partial charge on any atom is -0.374 e. The van der Waals surface area contributed by atoms with Gasteiger partial charge in [-0.2, -0.15) is 5.10 Å². The van der Waals surface area contributed by atoms with Gasteiger partial charge in [-0.15, -0.1) is 0 Å². The maximum atomic E-state index is 6.26. The van der Waals surface area contributed by atoms with Gasteiger partial charge in [0, 0.05) is 37.3 Å². The van der Waals surface area contributed by atoms with Gasteiger partial charge in [-0.3, -0.25) is 5.10 Å². The molecule has 1 aromatic rings. The van der Waals surface area contributed by atoms with Crippen molar-refractivity contribution in [2.75, 3.05) is 33.8 Å². The largest absolute Gasteiger partial charge is 0.374 e. The number of hydrogen-bond acceptors (Lipinski definition) is 4. The molecule has 0 atom stereocenters. The summed E-state index contributed by atoms with van der Waals surface area (Å²) in [6, 6.07) is 0. The topological polar surface area (TPSA) is 53.2 Å². The average Bonchev–Trinajstić information content (AvgIpc) is 3.11. The fourth-order valence-electron chi connectivity index (χ4n) is 4.54. The Bertz CT molecular complexity index is 531. The lowest BCUT2D eigenvalue weighted by molar-refractivity contribution is -0.0296. The van der Waals surface area contributed by atoms with E-state index in [0.29, 0.717) is 11.3 Å². The highest BCUT2D eigenvalue weighted by Crippen LogP contribution is 2.49. The maximum absolute atomic E-state index is 6.26. The third-order valence-corrected chi connectivity index (χ3v) is 5.79. The molecule has 1 aliphatic carbocycles. The lowest BCUT2D eigenvalue weighted by atomic mass is 9.72. The number of H-pyrrole nitrogens is 1. The van der Waals surface area contributed by atoms with E-state index >= 15 is 0 Å². The lowest BCUT2D eigenvalue weighted by Crippen LogP contribution is -2.34. The number of ether oxygens (including phenoxy) is 1. The molecule has 24 heavy (non-hydrogen) atoms. The molecule has 1 spiro atoms. The first-order valence-corrected chi connectivity index (χ1v) is 9.43. The van der Waals surface area contributed by atoms with Crippen molar-refractivity contribution in [3.05, 3.63) is 17.5 Å². The average molecular weight is 335 g/mol. The van der Waals surface area contributed by atoms with Crippen molar-refractivity contribution in [1.29, 1.82) is 0 Å². The van der Waals surface area contributed by atoms with E-state index in [0.717, 1.165) is 26.2 Å². The van der Waals surface area contributed by atoms with Crippen molar-refractivity contribution in [2.24, 2.45) is 5.41 Å².